The van der Waals surface area contributed by atoms with Gasteiger partial charge in [-0.25, -0.2) is 4.79 Å². The molecule has 112 valence electrons. The van der Waals surface area contributed by atoms with Gasteiger partial charge in [0.1, 0.15) is 0 Å². The molecule has 22 heavy (non-hydrogen) atoms. The average molecular weight is 296 g/mol. The lowest BCUT2D eigenvalue weighted by atomic mass is 9.91. The number of aliphatic carboxylic acids is 1. The highest BCUT2D eigenvalue weighted by Crippen LogP contribution is 2.29. The highest BCUT2D eigenvalue weighted by molar-refractivity contribution is 5.91. The molecular weight excluding hydrogens is 280 g/mol. The quantitative estimate of drug-likeness (QED) is 0.502. The molecule has 1 unspecified atom stereocenters. The normalized spacial score (nSPS) is 12.2. The molecule has 2 aromatic carbocycles. The second-order valence-electron chi connectivity index (χ2n) is 4.70. The molecule has 0 aliphatic rings. The minimum Gasteiger partial charge on any atom is -0.478 e. The number of fused-ring (bicyclic) bond motifs is 1. The highest BCUT2D eigenvalue weighted by Gasteiger charge is 2.22. The summed E-state index contributed by atoms with van der Waals surface area (Å²) in [6.07, 6.45) is 3.81. The largest absolute Gasteiger partial charge is 0.478 e. The number of carbonyl (C=O) groups excluding carboxylic acids is 1. The van der Waals surface area contributed by atoms with Crippen LogP contribution in [0.1, 0.15) is 17.9 Å². The van der Waals surface area contributed by atoms with Gasteiger partial charge in [0.05, 0.1) is 12.2 Å². The lowest BCUT2D eigenvalue weighted by Gasteiger charge is -2.15. The lowest BCUT2D eigenvalue weighted by Crippen LogP contribution is -2.13. The first kappa shape index (κ1) is 15.5. The van der Waals surface area contributed by atoms with Crippen LogP contribution in [0, 0.1) is 0 Å². The summed E-state index contributed by atoms with van der Waals surface area (Å²) in [5.74, 6) is -2.09. The third-order valence-corrected chi connectivity index (χ3v) is 3.31. The maximum absolute atomic E-state index is 12.2. The number of rotatable bonds is 6. The standard InChI is InChI=1S/C18H16O4/c1-2-22-18(21)16(11-6-12-17(19)20)15-10-5-8-13-7-3-4-9-14(13)15/h2-10,12,16H,1,11H2,(H,19,20)/b12-6+. The number of carboxylic acids is 1. The van der Waals surface area contributed by atoms with Gasteiger partial charge in [-0.05, 0) is 22.8 Å². The van der Waals surface area contributed by atoms with Gasteiger partial charge in [0.25, 0.3) is 0 Å². The number of carboxylic acid groups (broad SMARTS) is 1. The molecule has 0 saturated heterocycles. The van der Waals surface area contributed by atoms with Crippen LogP contribution in [0.2, 0.25) is 0 Å². The molecule has 0 spiro atoms. The molecular formula is C18H16O4. The Morgan fingerprint density at radius 2 is 1.91 bits per heavy atom. The second-order valence-corrected chi connectivity index (χ2v) is 4.70. The molecule has 1 N–H and O–H groups in total. The van der Waals surface area contributed by atoms with Crippen LogP contribution in [-0.4, -0.2) is 17.0 Å². The average Bonchev–Trinajstić information content (AvgIpc) is 2.51. The number of carbonyl (C=O) groups is 2. The first-order valence-electron chi connectivity index (χ1n) is 6.82. The number of esters is 1. The summed E-state index contributed by atoms with van der Waals surface area (Å²) < 4.78 is 4.91. The second kappa shape index (κ2) is 7.22. The predicted octanol–water partition coefficient (Wildman–Crippen LogP) is 3.64. The number of hydrogen-bond donors (Lipinski definition) is 1. The first-order valence-corrected chi connectivity index (χ1v) is 6.82. The van der Waals surface area contributed by atoms with Gasteiger partial charge in [-0.1, -0.05) is 55.1 Å². The van der Waals surface area contributed by atoms with E-state index in [4.69, 9.17) is 9.84 Å². The fourth-order valence-corrected chi connectivity index (χ4v) is 2.37. The van der Waals surface area contributed by atoms with Crippen molar-refractivity contribution >= 4 is 22.7 Å². The zero-order chi connectivity index (χ0) is 15.9. The Hall–Kier alpha value is -2.88. The van der Waals surface area contributed by atoms with Gasteiger partial charge in [-0.15, -0.1) is 0 Å². The third kappa shape index (κ3) is 3.61. The molecule has 0 aliphatic carbocycles. The van der Waals surface area contributed by atoms with Crippen molar-refractivity contribution in [1.29, 1.82) is 0 Å². The van der Waals surface area contributed by atoms with Crippen molar-refractivity contribution in [3.63, 3.8) is 0 Å². The Morgan fingerprint density at radius 3 is 2.64 bits per heavy atom. The van der Waals surface area contributed by atoms with Gasteiger partial charge < -0.3 is 9.84 Å². The van der Waals surface area contributed by atoms with E-state index in [0.29, 0.717) is 0 Å². The Bertz CT molecular complexity index is 725. The fraction of sp³-hybridized carbons (Fsp3) is 0.111. The van der Waals surface area contributed by atoms with Crippen molar-refractivity contribution < 1.29 is 19.4 Å². The third-order valence-electron chi connectivity index (χ3n) is 3.31. The van der Waals surface area contributed by atoms with Gasteiger partial charge in [0.15, 0.2) is 0 Å². The first-order chi connectivity index (χ1) is 10.6. The summed E-state index contributed by atoms with van der Waals surface area (Å²) in [6.45, 7) is 3.39. The molecule has 1 atom stereocenters. The van der Waals surface area contributed by atoms with Crippen LogP contribution in [-0.2, 0) is 14.3 Å². The number of allylic oxidation sites excluding steroid dienone is 1. The van der Waals surface area contributed by atoms with E-state index in [9.17, 15) is 9.59 Å². The monoisotopic (exact) mass is 296 g/mol. The minimum atomic E-state index is -1.05. The summed E-state index contributed by atoms with van der Waals surface area (Å²) >= 11 is 0. The van der Waals surface area contributed by atoms with Crippen molar-refractivity contribution in [3.8, 4) is 0 Å². The highest BCUT2D eigenvalue weighted by atomic mass is 16.5. The molecule has 0 radical (unpaired) electrons. The maximum atomic E-state index is 12.2. The fourth-order valence-electron chi connectivity index (χ4n) is 2.37. The van der Waals surface area contributed by atoms with Crippen molar-refractivity contribution in [2.24, 2.45) is 0 Å². The van der Waals surface area contributed by atoms with Crippen LogP contribution in [0.4, 0.5) is 0 Å². The SMILES string of the molecule is C=COC(=O)C(C/C=C/C(=O)O)c1cccc2ccccc12. The molecule has 4 nitrogen and oxygen atoms in total. The summed E-state index contributed by atoms with van der Waals surface area (Å²) in [5.41, 5.74) is 0.806. The topological polar surface area (TPSA) is 63.6 Å². The van der Waals surface area contributed by atoms with Crippen LogP contribution < -0.4 is 0 Å². The predicted molar refractivity (Wildman–Crippen MR) is 84.4 cm³/mol. The van der Waals surface area contributed by atoms with Gasteiger partial charge in [-0.3, -0.25) is 4.79 Å². The molecule has 0 heterocycles. The molecule has 2 aromatic rings. The van der Waals surface area contributed by atoms with Crippen LogP contribution >= 0.6 is 0 Å². The van der Waals surface area contributed by atoms with Gasteiger partial charge in [0.2, 0.25) is 0 Å². The number of benzene rings is 2. The molecule has 0 aromatic heterocycles. The van der Waals surface area contributed by atoms with Gasteiger partial charge in [-0.2, -0.15) is 0 Å². The lowest BCUT2D eigenvalue weighted by molar-refractivity contribution is -0.139. The van der Waals surface area contributed by atoms with E-state index >= 15 is 0 Å². The van der Waals surface area contributed by atoms with E-state index in [1.165, 1.54) is 6.08 Å². The Labute approximate surface area is 128 Å². The molecule has 0 fully saturated rings. The molecule has 0 amide bonds. The van der Waals surface area contributed by atoms with E-state index in [1.807, 2.05) is 42.5 Å². The van der Waals surface area contributed by atoms with E-state index in [-0.39, 0.29) is 6.42 Å². The Balaban J connectivity index is 2.44. The molecule has 2 rings (SSSR count). The maximum Gasteiger partial charge on any atom is 0.327 e. The molecule has 0 saturated carbocycles. The van der Waals surface area contributed by atoms with Gasteiger partial charge >= 0.3 is 11.9 Å². The Kier molecular flexibility index (Phi) is 5.09. The zero-order valence-corrected chi connectivity index (χ0v) is 11.9. The number of ether oxygens (including phenoxy) is 1. The van der Waals surface area contributed by atoms with Crippen LogP contribution in [0.25, 0.3) is 10.8 Å². The summed E-state index contributed by atoms with van der Waals surface area (Å²) in [6, 6.07) is 13.4. The van der Waals surface area contributed by atoms with Crippen molar-refractivity contribution in [2.45, 2.75) is 12.3 Å². The van der Waals surface area contributed by atoms with Crippen molar-refractivity contribution in [1.82, 2.24) is 0 Å². The zero-order valence-electron chi connectivity index (χ0n) is 11.9. The summed E-state index contributed by atoms with van der Waals surface area (Å²) in [7, 11) is 0. The Morgan fingerprint density at radius 1 is 1.18 bits per heavy atom. The minimum absolute atomic E-state index is 0.243. The van der Waals surface area contributed by atoms with E-state index in [0.717, 1.165) is 28.7 Å². The van der Waals surface area contributed by atoms with Crippen molar-refractivity contribution in [3.05, 3.63) is 73.0 Å². The number of hydrogen-bond acceptors (Lipinski definition) is 3. The van der Waals surface area contributed by atoms with E-state index < -0.39 is 17.9 Å². The summed E-state index contributed by atoms with van der Waals surface area (Å²) in [5, 5.41) is 10.6. The van der Waals surface area contributed by atoms with E-state index in [1.54, 1.807) is 0 Å². The van der Waals surface area contributed by atoms with Crippen LogP contribution in [0.5, 0.6) is 0 Å². The van der Waals surface area contributed by atoms with Crippen LogP contribution in [0.15, 0.2) is 67.5 Å². The molecule has 0 aliphatic heterocycles. The summed E-state index contributed by atoms with van der Waals surface area (Å²) in [4.78, 5) is 22.8. The smallest absolute Gasteiger partial charge is 0.327 e. The van der Waals surface area contributed by atoms with E-state index in [2.05, 4.69) is 6.58 Å². The molecule has 0 bridgehead atoms. The molecule has 4 heteroatoms. The van der Waals surface area contributed by atoms with Crippen LogP contribution in [0.3, 0.4) is 0 Å². The van der Waals surface area contributed by atoms with Gasteiger partial charge in [0, 0.05) is 6.08 Å². The van der Waals surface area contributed by atoms with Crippen molar-refractivity contribution in [2.75, 3.05) is 0 Å².